The van der Waals surface area contributed by atoms with Gasteiger partial charge < -0.3 is 4.74 Å². The van der Waals surface area contributed by atoms with Crippen LogP contribution in [0.3, 0.4) is 0 Å². The van der Waals surface area contributed by atoms with Crippen LogP contribution in [0.4, 0.5) is 92.2 Å². The highest BCUT2D eigenvalue weighted by Gasteiger charge is 2.82. The summed E-state index contributed by atoms with van der Waals surface area (Å²) < 4.78 is 267. The number of hydrogen-bond donors (Lipinski definition) is 0. The van der Waals surface area contributed by atoms with Gasteiger partial charge in [0.2, 0.25) is 6.10 Å². The Morgan fingerprint density at radius 1 is 0.486 bits per heavy atom. The van der Waals surface area contributed by atoms with Crippen LogP contribution in [-0.2, 0) is 14.3 Å². The Morgan fingerprint density at radius 2 is 0.800 bits per heavy atom. The lowest BCUT2D eigenvalue weighted by molar-refractivity contribution is -0.476. The summed E-state index contributed by atoms with van der Waals surface area (Å²) >= 11 is 0. The number of hydrogen-bond acceptors (Lipinski definition) is 3. The second kappa shape index (κ2) is 8.52. The molecule has 0 amide bonds. The third-order valence-corrected chi connectivity index (χ3v) is 3.26. The van der Waals surface area contributed by atoms with Crippen molar-refractivity contribution >= 4 is 5.97 Å². The molecule has 0 heterocycles. The summed E-state index contributed by atoms with van der Waals surface area (Å²) in [6.45, 7) is 0. The van der Waals surface area contributed by atoms with Gasteiger partial charge in [0.1, 0.15) is 0 Å². The molecule has 0 spiro atoms. The van der Waals surface area contributed by atoms with Gasteiger partial charge in [-0.3, -0.25) is 4.74 Å². The molecule has 0 aromatic carbocycles. The number of esters is 1. The summed E-state index contributed by atoms with van der Waals surface area (Å²) in [6, 6.07) is 0. The quantitative estimate of drug-likeness (QED) is 0.261. The van der Waals surface area contributed by atoms with Crippen LogP contribution < -0.4 is 0 Å². The van der Waals surface area contributed by atoms with Crippen molar-refractivity contribution in [1.82, 2.24) is 0 Å². The molecule has 0 aliphatic carbocycles. The zero-order valence-electron chi connectivity index (χ0n) is 14.7. The number of alkyl halides is 21. The Morgan fingerprint density at radius 3 is 1.03 bits per heavy atom. The predicted octanol–water partition coefficient (Wildman–Crippen LogP) is 6.33. The highest BCUT2D eigenvalue weighted by atomic mass is 19.4. The Bertz CT molecular complexity index is 743. The molecule has 3 nitrogen and oxygen atoms in total. The maximum absolute atomic E-state index is 13.8. The standard InChI is InChI=1S/C11HF21O3/c12-3(13,7(19,20)21)1(4(14,15)8(22,23)24)34-2(33)5(16,9(25,26)27)35-11(31,32)6(17,18)10(28,29)30/h1H. The third kappa shape index (κ3) is 5.70. The Kier molecular flexibility index (Phi) is 8.02. The lowest BCUT2D eigenvalue weighted by Crippen LogP contribution is -2.66. The van der Waals surface area contributed by atoms with Gasteiger partial charge in [0.25, 0.3) is 0 Å². The monoisotopic (exact) mass is 580 g/mol. The van der Waals surface area contributed by atoms with Crippen molar-refractivity contribution in [1.29, 1.82) is 0 Å². The van der Waals surface area contributed by atoms with Crippen molar-refractivity contribution in [2.45, 2.75) is 60.5 Å². The summed E-state index contributed by atoms with van der Waals surface area (Å²) in [6.07, 6.45) is -45.6. The van der Waals surface area contributed by atoms with Gasteiger partial charge in [0.15, 0.2) is 0 Å². The predicted molar refractivity (Wildman–Crippen MR) is 58.8 cm³/mol. The average Bonchev–Trinajstić information content (AvgIpc) is 2.54. The molecule has 1 atom stereocenters. The molecular weight excluding hydrogens is 579 g/mol. The molecule has 0 rings (SSSR count). The number of carbonyl (C=O) groups excluding carboxylic acids is 1. The van der Waals surface area contributed by atoms with Crippen LogP contribution in [-0.4, -0.2) is 66.5 Å². The molecule has 0 fully saturated rings. The van der Waals surface area contributed by atoms with Crippen LogP contribution >= 0.6 is 0 Å². The third-order valence-electron chi connectivity index (χ3n) is 3.26. The molecule has 0 aromatic heterocycles. The van der Waals surface area contributed by atoms with Gasteiger partial charge in [-0.05, 0) is 0 Å². The van der Waals surface area contributed by atoms with E-state index in [1.165, 1.54) is 4.74 Å². The maximum atomic E-state index is 13.8. The lowest BCUT2D eigenvalue weighted by Gasteiger charge is -2.37. The molecule has 0 saturated carbocycles. The second-order valence-electron chi connectivity index (χ2n) is 5.81. The molecule has 0 N–H and O–H groups in total. The number of rotatable bonds is 7. The van der Waals surface area contributed by atoms with E-state index in [9.17, 15) is 97.0 Å². The van der Waals surface area contributed by atoms with E-state index in [1.807, 2.05) is 4.74 Å². The molecule has 0 aromatic rings. The van der Waals surface area contributed by atoms with E-state index in [-0.39, 0.29) is 0 Å². The smallest absolute Gasteiger partial charge is 0.444 e. The minimum absolute atomic E-state index is 1.32. The van der Waals surface area contributed by atoms with E-state index in [0.717, 1.165) is 0 Å². The van der Waals surface area contributed by atoms with Crippen molar-refractivity contribution in [3.63, 3.8) is 0 Å². The van der Waals surface area contributed by atoms with Crippen LogP contribution in [0.1, 0.15) is 0 Å². The molecule has 0 radical (unpaired) electrons. The maximum Gasteiger partial charge on any atom is 0.462 e. The molecule has 0 aliphatic heterocycles. The van der Waals surface area contributed by atoms with Gasteiger partial charge in [-0.1, -0.05) is 0 Å². The molecule has 0 saturated heterocycles. The molecule has 24 heteroatoms. The van der Waals surface area contributed by atoms with E-state index in [1.54, 1.807) is 0 Å². The Balaban J connectivity index is 6.86. The van der Waals surface area contributed by atoms with E-state index >= 15 is 0 Å². The number of ether oxygens (including phenoxy) is 2. The van der Waals surface area contributed by atoms with Crippen molar-refractivity contribution in [2.75, 3.05) is 0 Å². The summed E-state index contributed by atoms with van der Waals surface area (Å²) in [5.41, 5.74) is 0. The summed E-state index contributed by atoms with van der Waals surface area (Å²) in [4.78, 5) is 11.0. The first-order chi connectivity index (χ1) is 14.7. The molecule has 0 aliphatic rings. The first-order valence-electron chi connectivity index (χ1n) is 7.10. The fraction of sp³-hybridized carbons (Fsp3) is 0.909. The van der Waals surface area contributed by atoms with Crippen LogP contribution in [0.25, 0.3) is 0 Å². The van der Waals surface area contributed by atoms with Crippen molar-refractivity contribution < 1.29 is 106 Å². The van der Waals surface area contributed by atoms with Gasteiger partial charge in [-0.15, -0.1) is 0 Å². The zero-order valence-corrected chi connectivity index (χ0v) is 14.7. The van der Waals surface area contributed by atoms with E-state index in [4.69, 9.17) is 0 Å². The molecular formula is C11HF21O3. The van der Waals surface area contributed by atoms with Crippen molar-refractivity contribution in [3.8, 4) is 0 Å². The van der Waals surface area contributed by atoms with Crippen molar-refractivity contribution in [2.24, 2.45) is 0 Å². The molecule has 35 heavy (non-hydrogen) atoms. The lowest BCUT2D eigenvalue weighted by atomic mass is 10.0. The number of halogens is 21. The molecule has 0 bridgehead atoms. The summed E-state index contributed by atoms with van der Waals surface area (Å²) in [5.74, 6) is -36.5. The normalized spacial score (nSPS) is 17.4. The van der Waals surface area contributed by atoms with Crippen LogP contribution in [0.5, 0.6) is 0 Å². The molecule has 210 valence electrons. The Labute approximate surface area is 174 Å². The minimum Gasteiger partial charge on any atom is -0.444 e. The minimum atomic E-state index is -7.96. The van der Waals surface area contributed by atoms with Crippen LogP contribution in [0, 0.1) is 0 Å². The Hall–Kier alpha value is -2.04. The average molecular weight is 580 g/mol. The first kappa shape index (κ1) is 33.0. The molecule has 1 unspecified atom stereocenters. The fourth-order valence-corrected chi connectivity index (χ4v) is 1.48. The van der Waals surface area contributed by atoms with Gasteiger partial charge >= 0.3 is 60.4 Å². The van der Waals surface area contributed by atoms with Crippen LogP contribution in [0.15, 0.2) is 0 Å². The van der Waals surface area contributed by atoms with Gasteiger partial charge in [-0.25, -0.2) is 4.79 Å². The first-order valence-corrected chi connectivity index (χ1v) is 7.10. The largest absolute Gasteiger partial charge is 0.462 e. The SMILES string of the molecule is O=C(OC(C(F)(F)C(F)(F)F)C(F)(F)C(F)(F)F)C(F)(OC(F)(F)C(F)(F)C(F)(F)F)C(F)(F)F. The van der Waals surface area contributed by atoms with Crippen LogP contribution in [0.2, 0.25) is 0 Å². The van der Waals surface area contributed by atoms with E-state index < -0.39 is 66.5 Å². The highest BCUT2D eigenvalue weighted by molar-refractivity contribution is 5.79. The fourth-order valence-electron chi connectivity index (χ4n) is 1.48. The summed E-state index contributed by atoms with van der Waals surface area (Å²) in [5, 5.41) is 0. The van der Waals surface area contributed by atoms with E-state index in [2.05, 4.69) is 0 Å². The number of carbonyl (C=O) groups is 1. The zero-order chi connectivity index (χ0) is 29.1. The second-order valence-corrected chi connectivity index (χ2v) is 5.81. The van der Waals surface area contributed by atoms with Gasteiger partial charge in [0, 0.05) is 0 Å². The van der Waals surface area contributed by atoms with Gasteiger partial charge in [0.05, 0.1) is 0 Å². The van der Waals surface area contributed by atoms with E-state index in [0.29, 0.717) is 0 Å². The highest BCUT2D eigenvalue weighted by Crippen LogP contribution is 2.53. The topological polar surface area (TPSA) is 35.5 Å². The summed E-state index contributed by atoms with van der Waals surface area (Å²) in [7, 11) is 0. The van der Waals surface area contributed by atoms with Crippen molar-refractivity contribution in [3.05, 3.63) is 0 Å². The van der Waals surface area contributed by atoms with Gasteiger partial charge in [-0.2, -0.15) is 92.2 Å².